The van der Waals surface area contributed by atoms with E-state index in [1.54, 1.807) is 0 Å². The fourth-order valence-corrected chi connectivity index (χ4v) is 2.39. The van der Waals surface area contributed by atoms with Gasteiger partial charge in [-0.3, -0.25) is 4.79 Å². The number of quaternary nitrogens is 1. The van der Waals surface area contributed by atoms with Crippen molar-refractivity contribution in [2.24, 2.45) is 5.73 Å². The summed E-state index contributed by atoms with van der Waals surface area (Å²) in [6.07, 6.45) is 7.28. The van der Waals surface area contributed by atoms with Gasteiger partial charge in [-0.15, -0.1) is 0 Å². The second-order valence-corrected chi connectivity index (χ2v) is 5.91. The van der Waals surface area contributed by atoms with Crippen LogP contribution in [0.4, 0.5) is 0 Å². The number of allylic oxidation sites excluding steroid dienone is 2. The fourth-order valence-electron chi connectivity index (χ4n) is 2.39. The smallest absolute Gasteiger partial charge is 0.220 e. The lowest BCUT2D eigenvalue weighted by Gasteiger charge is -2.18. The normalized spacial score (nSPS) is 19.1. The van der Waals surface area contributed by atoms with Gasteiger partial charge in [0, 0.05) is 19.0 Å². The Kier molecular flexibility index (Phi) is 7.84. The molecular formula is C16H27N3O3. The average Bonchev–Trinajstić information content (AvgIpc) is 2.47. The van der Waals surface area contributed by atoms with Gasteiger partial charge in [0.05, 0.1) is 19.2 Å². The zero-order chi connectivity index (χ0) is 16.5. The standard InChI is InChI=1S/C16H27N3O3/c1-12-8-10-19(2)11-13(12)6-7-15(20)18-9-4-3-5-14(17)16(21)22/h8,10,14H,3-7,9,11,17H2,1-2H3,(H,18,20)(H,21,22)/t14-/m0/s1. The minimum absolute atomic E-state index is 0.0386. The van der Waals surface area contributed by atoms with Crippen molar-refractivity contribution < 1.29 is 19.6 Å². The molecule has 2 atom stereocenters. The fraction of sp³-hybridized carbons (Fsp3) is 0.625. The van der Waals surface area contributed by atoms with Gasteiger partial charge in [0.2, 0.25) is 5.91 Å². The van der Waals surface area contributed by atoms with Gasteiger partial charge >= 0.3 is 0 Å². The molecular weight excluding hydrogens is 282 g/mol. The summed E-state index contributed by atoms with van der Waals surface area (Å²) in [6, 6.07) is -0.913. The van der Waals surface area contributed by atoms with Crippen LogP contribution < -0.4 is 21.1 Å². The van der Waals surface area contributed by atoms with Crippen molar-refractivity contribution in [1.82, 2.24) is 5.32 Å². The summed E-state index contributed by atoms with van der Waals surface area (Å²) in [4.78, 5) is 23.6. The maximum Gasteiger partial charge on any atom is 0.220 e. The van der Waals surface area contributed by atoms with Crippen LogP contribution in [-0.4, -0.2) is 38.1 Å². The van der Waals surface area contributed by atoms with E-state index >= 15 is 0 Å². The van der Waals surface area contributed by atoms with Gasteiger partial charge in [-0.2, -0.15) is 0 Å². The van der Waals surface area contributed by atoms with E-state index in [2.05, 4.69) is 31.6 Å². The first kappa shape index (κ1) is 18.4. The van der Waals surface area contributed by atoms with E-state index in [0.717, 1.165) is 19.4 Å². The quantitative estimate of drug-likeness (QED) is 0.451. The van der Waals surface area contributed by atoms with Crippen LogP contribution in [0.3, 0.4) is 0 Å². The number of hydrogen-bond acceptors (Lipinski definition) is 4. The highest BCUT2D eigenvalue weighted by molar-refractivity contribution is 5.76. The Morgan fingerprint density at radius 3 is 2.86 bits per heavy atom. The number of unbranched alkanes of at least 4 members (excludes halogenated alkanes) is 1. The van der Waals surface area contributed by atoms with E-state index in [-0.39, 0.29) is 5.91 Å². The van der Waals surface area contributed by atoms with E-state index in [4.69, 9.17) is 5.73 Å². The Hall–Kier alpha value is -1.66. The average molecular weight is 309 g/mol. The van der Waals surface area contributed by atoms with E-state index in [1.807, 2.05) is 0 Å². The molecule has 0 aliphatic carbocycles. The molecule has 0 aromatic rings. The molecule has 0 saturated heterocycles. The second-order valence-electron chi connectivity index (χ2n) is 5.91. The molecule has 0 aromatic carbocycles. The van der Waals surface area contributed by atoms with Crippen LogP contribution >= 0.6 is 0 Å². The van der Waals surface area contributed by atoms with Crippen molar-refractivity contribution >= 4 is 11.9 Å². The van der Waals surface area contributed by atoms with Crippen LogP contribution in [0.5, 0.6) is 0 Å². The predicted octanol–water partition coefficient (Wildman–Crippen LogP) is -1.51. The molecule has 1 aliphatic heterocycles. The number of rotatable bonds is 9. The molecule has 1 rings (SSSR count). The molecule has 0 fully saturated rings. The second kappa shape index (κ2) is 9.38. The van der Waals surface area contributed by atoms with E-state index in [1.165, 1.54) is 16.0 Å². The molecule has 4 N–H and O–H groups in total. The van der Waals surface area contributed by atoms with E-state index in [0.29, 0.717) is 25.8 Å². The largest absolute Gasteiger partial charge is 0.548 e. The summed E-state index contributed by atoms with van der Waals surface area (Å²) >= 11 is 0. The molecule has 22 heavy (non-hydrogen) atoms. The Bertz CT molecular complexity index is 458. The summed E-state index contributed by atoms with van der Waals surface area (Å²) in [5.74, 6) is -1.18. The van der Waals surface area contributed by atoms with Gasteiger partial charge in [-0.05, 0) is 49.8 Å². The van der Waals surface area contributed by atoms with Gasteiger partial charge < -0.3 is 25.9 Å². The van der Waals surface area contributed by atoms with Crippen molar-refractivity contribution in [2.75, 3.05) is 20.1 Å². The number of carboxylic acid groups (broad SMARTS) is 1. The number of hydrogen-bond donors (Lipinski definition) is 3. The van der Waals surface area contributed by atoms with E-state index in [9.17, 15) is 14.7 Å². The Labute approximate surface area is 132 Å². The molecule has 6 nitrogen and oxygen atoms in total. The van der Waals surface area contributed by atoms with Crippen LogP contribution in [-0.2, 0) is 9.59 Å². The van der Waals surface area contributed by atoms with Gasteiger partial charge in [-0.1, -0.05) is 0 Å². The molecule has 1 unspecified atom stereocenters. The van der Waals surface area contributed by atoms with Crippen LogP contribution in [0.2, 0.25) is 0 Å². The lowest BCUT2D eigenvalue weighted by Crippen LogP contribution is -3.04. The van der Waals surface area contributed by atoms with Crippen molar-refractivity contribution in [3.8, 4) is 0 Å². The SMILES string of the molecule is CC1=C(CCC(=O)NCCCC[C@H](N)C(=O)[O-])C[NH+](C)C=C1. The number of aliphatic carboxylic acids is 1. The van der Waals surface area contributed by atoms with Crippen molar-refractivity contribution in [3.63, 3.8) is 0 Å². The minimum atomic E-state index is -1.22. The van der Waals surface area contributed by atoms with Crippen LogP contribution in [0.15, 0.2) is 23.4 Å². The zero-order valence-corrected chi connectivity index (χ0v) is 13.5. The molecule has 0 bridgehead atoms. The van der Waals surface area contributed by atoms with Crippen molar-refractivity contribution in [1.29, 1.82) is 0 Å². The summed E-state index contributed by atoms with van der Waals surface area (Å²) in [6.45, 7) is 3.59. The maximum absolute atomic E-state index is 11.8. The summed E-state index contributed by atoms with van der Waals surface area (Å²) in [5, 5.41) is 13.3. The number of carboxylic acids is 1. The van der Waals surface area contributed by atoms with Gasteiger partial charge in [-0.25, -0.2) is 0 Å². The molecule has 0 aromatic heterocycles. The Morgan fingerprint density at radius 2 is 2.18 bits per heavy atom. The summed E-state index contributed by atoms with van der Waals surface area (Å²) in [7, 11) is 2.10. The number of carbonyl (C=O) groups excluding carboxylic acids is 2. The molecule has 0 spiro atoms. The third-order valence-electron chi connectivity index (χ3n) is 3.89. The molecule has 1 aliphatic rings. The highest BCUT2D eigenvalue weighted by Crippen LogP contribution is 2.12. The van der Waals surface area contributed by atoms with Crippen LogP contribution in [0, 0.1) is 0 Å². The number of nitrogens with two attached hydrogens (primary N) is 1. The monoisotopic (exact) mass is 309 g/mol. The van der Waals surface area contributed by atoms with E-state index < -0.39 is 12.0 Å². The number of amides is 1. The summed E-state index contributed by atoms with van der Waals surface area (Å²) in [5.41, 5.74) is 7.94. The Morgan fingerprint density at radius 1 is 1.45 bits per heavy atom. The first-order chi connectivity index (χ1) is 10.4. The zero-order valence-electron chi connectivity index (χ0n) is 13.5. The first-order valence-electron chi connectivity index (χ1n) is 7.82. The number of carbonyl (C=O) groups is 2. The molecule has 124 valence electrons. The molecule has 6 heteroatoms. The third-order valence-corrected chi connectivity index (χ3v) is 3.89. The van der Waals surface area contributed by atoms with Crippen molar-refractivity contribution in [3.05, 3.63) is 23.4 Å². The lowest BCUT2D eigenvalue weighted by atomic mass is 10.0. The van der Waals surface area contributed by atoms with Gasteiger partial charge in [0.15, 0.2) is 0 Å². The van der Waals surface area contributed by atoms with Gasteiger partial charge in [0.25, 0.3) is 0 Å². The van der Waals surface area contributed by atoms with Crippen LogP contribution in [0.1, 0.15) is 39.0 Å². The number of likely N-dealkylation sites (N-methyl/N-ethyl adjacent to an activating group) is 1. The van der Waals surface area contributed by atoms with Gasteiger partial charge in [0.1, 0.15) is 6.54 Å². The first-order valence-corrected chi connectivity index (χ1v) is 7.82. The highest BCUT2D eigenvalue weighted by atomic mass is 16.4. The maximum atomic E-state index is 11.8. The molecule has 1 heterocycles. The number of nitrogens with one attached hydrogen (secondary N) is 2. The third kappa shape index (κ3) is 6.87. The minimum Gasteiger partial charge on any atom is -0.548 e. The molecule has 0 radical (unpaired) electrons. The molecule has 1 amide bonds. The summed E-state index contributed by atoms with van der Waals surface area (Å²) < 4.78 is 0. The highest BCUT2D eigenvalue weighted by Gasteiger charge is 2.13. The predicted molar refractivity (Wildman–Crippen MR) is 82.7 cm³/mol. The van der Waals surface area contributed by atoms with Crippen molar-refractivity contribution in [2.45, 2.75) is 45.1 Å². The topological polar surface area (TPSA) is 99.7 Å². The lowest BCUT2D eigenvalue weighted by molar-refractivity contribution is -0.820. The Balaban J connectivity index is 2.14. The molecule has 0 saturated carbocycles. The van der Waals surface area contributed by atoms with Crippen LogP contribution in [0.25, 0.3) is 0 Å².